The monoisotopic (exact) mass is 221 g/mol. The number of rotatable bonds is 5. The van der Waals surface area contributed by atoms with Crippen molar-refractivity contribution >= 4 is 5.91 Å². The molecule has 2 atom stereocenters. The predicted molar refractivity (Wildman–Crippen MR) is 63.6 cm³/mol. The molecule has 0 spiro atoms. The fraction of sp³-hybridized carbons (Fsp3) is 0.500. The second-order valence-electron chi connectivity index (χ2n) is 4.11. The van der Waals surface area contributed by atoms with Gasteiger partial charge in [-0.25, -0.2) is 0 Å². The highest BCUT2D eigenvalue weighted by Gasteiger charge is 2.11. The van der Waals surface area contributed by atoms with Crippen LogP contribution in [0.2, 0.25) is 0 Å². The molecule has 0 aliphatic carbocycles. The van der Waals surface area contributed by atoms with E-state index in [0.717, 1.165) is 5.56 Å². The van der Waals surface area contributed by atoms with Crippen LogP contribution in [0.1, 0.15) is 31.9 Å². The first-order valence-electron chi connectivity index (χ1n) is 5.52. The highest BCUT2D eigenvalue weighted by Crippen LogP contribution is 2.11. The molecule has 0 radical (unpaired) electrons. The molecular formula is C12H19N3O. The molecule has 0 saturated carbocycles. The van der Waals surface area contributed by atoms with Gasteiger partial charge >= 0.3 is 0 Å². The van der Waals surface area contributed by atoms with E-state index < -0.39 is 0 Å². The molecule has 1 heterocycles. The van der Waals surface area contributed by atoms with Crippen LogP contribution in [-0.4, -0.2) is 17.4 Å². The average Bonchev–Trinajstić information content (AvgIpc) is 2.29. The molecular weight excluding hydrogens is 202 g/mol. The number of nitrogens with one attached hydrogen (secondary N) is 1. The number of amides is 1. The Kier molecular flexibility index (Phi) is 4.92. The summed E-state index contributed by atoms with van der Waals surface area (Å²) < 4.78 is 0. The first-order chi connectivity index (χ1) is 7.63. The first-order valence-corrected chi connectivity index (χ1v) is 5.52. The van der Waals surface area contributed by atoms with Crippen LogP contribution in [0.15, 0.2) is 24.5 Å². The third-order valence-electron chi connectivity index (χ3n) is 2.52. The quantitative estimate of drug-likeness (QED) is 0.786. The van der Waals surface area contributed by atoms with Crippen molar-refractivity contribution in [3.63, 3.8) is 0 Å². The maximum atomic E-state index is 11.6. The van der Waals surface area contributed by atoms with Crippen molar-refractivity contribution in [2.24, 2.45) is 11.7 Å². The summed E-state index contributed by atoms with van der Waals surface area (Å²) in [7, 11) is 0. The minimum atomic E-state index is 0.0143. The van der Waals surface area contributed by atoms with E-state index in [1.54, 1.807) is 12.4 Å². The average molecular weight is 221 g/mol. The molecule has 4 nitrogen and oxygen atoms in total. The number of carbonyl (C=O) groups is 1. The van der Waals surface area contributed by atoms with Crippen LogP contribution in [0.4, 0.5) is 0 Å². The fourth-order valence-corrected chi connectivity index (χ4v) is 1.44. The normalized spacial score (nSPS) is 14.2. The van der Waals surface area contributed by atoms with Crippen molar-refractivity contribution in [1.82, 2.24) is 10.3 Å². The van der Waals surface area contributed by atoms with Gasteiger partial charge in [0.25, 0.3) is 0 Å². The van der Waals surface area contributed by atoms with Gasteiger partial charge in [-0.1, -0.05) is 6.92 Å². The molecule has 0 aliphatic rings. The van der Waals surface area contributed by atoms with Crippen molar-refractivity contribution in [3.8, 4) is 0 Å². The lowest BCUT2D eigenvalue weighted by Crippen LogP contribution is -2.29. The molecule has 0 saturated heterocycles. The summed E-state index contributed by atoms with van der Waals surface area (Å²) >= 11 is 0. The van der Waals surface area contributed by atoms with Crippen LogP contribution in [0.5, 0.6) is 0 Å². The van der Waals surface area contributed by atoms with Gasteiger partial charge in [0.1, 0.15) is 0 Å². The third-order valence-corrected chi connectivity index (χ3v) is 2.52. The molecule has 1 unspecified atom stereocenters. The zero-order chi connectivity index (χ0) is 12.0. The molecule has 0 fully saturated rings. The second-order valence-corrected chi connectivity index (χ2v) is 4.11. The van der Waals surface area contributed by atoms with Crippen molar-refractivity contribution in [2.75, 3.05) is 6.54 Å². The maximum Gasteiger partial charge on any atom is 0.220 e. The molecule has 0 aromatic carbocycles. The van der Waals surface area contributed by atoms with Gasteiger partial charge in [0.05, 0.1) is 6.04 Å². The van der Waals surface area contributed by atoms with E-state index in [-0.39, 0.29) is 17.9 Å². The second kappa shape index (κ2) is 6.23. The number of aromatic nitrogens is 1. The number of pyridine rings is 1. The summed E-state index contributed by atoms with van der Waals surface area (Å²) in [5, 5.41) is 2.94. The lowest BCUT2D eigenvalue weighted by molar-refractivity contribution is -0.122. The van der Waals surface area contributed by atoms with Crippen LogP contribution in [-0.2, 0) is 4.79 Å². The molecule has 1 aromatic heterocycles. The van der Waals surface area contributed by atoms with E-state index >= 15 is 0 Å². The molecule has 4 heteroatoms. The highest BCUT2D eigenvalue weighted by atomic mass is 16.1. The van der Waals surface area contributed by atoms with E-state index in [1.807, 2.05) is 26.0 Å². The van der Waals surface area contributed by atoms with E-state index in [2.05, 4.69) is 10.3 Å². The Labute approximate surface area is 96.3 Å². The topological polar surface area (TPSA) is 68.0 Å². The molecule has 3 N–H and O–H groups in total. The van der Waals surface area contributed by atoms with E-state index in [4.69, 9.17) is 5.73 Å². The SMILES string of the molecule is CC(CN)CC(=O)N[C@H](C)c1ccncc1. The number of nitrogens with two attached hydrogens (primary N) is 1. The van der Waals surface area contributed by atoms with Gasteiger partial charge in [-0.05, 0) is 37.1 Å². The fourth-order valence-electron chi connectivity index (χ4n) is 1.44. The molecule has 88 valence electrons. The Balaban J connectivity index is 2.46. The summed E-state index contributed by atoms with van der Waals surface area (Å²) in [5.41, 5.74) is 6.53. The van der Waals surface area contributed by atoms with Gasteiger partial charge in [0.15, 0.2) is 0 Å². The zero-order valence-corrected chi connectivity index (χ0v) is 9.81. The maximum absolute atomic E-state index is 11.6. The predicted octanol–water partition coefficient (Wildman–Crippen LogP) is 1.24. The van der Waals surface area contributed by atoms with Gasteiger partial charge in [-0.15, -0.1) is 0 Å². The Morgan fingerprint density at radius 3 is 2.62 bits per heavy atom. The minimum Gasteiger partial charge on any atom is -0.350 e. The van der Waals surface area contributed by atoms with Gasteiger partial charge in [-0.2, -0.15) is 0 Å². The summed E-state index contributed by atoms with van der Waals surface area (Å²) in [4.78, 5) is 15.6. The molecule has 1 amide bonds. The lowest BCUT2D eigenvalue weighted by Gasteiger charge is -2.15. The molecule has 0 bridgehead atoms. The summed E-state index contributed by atoms with van der Waals surface area (Å²) in [6, 6.07) is 3.81. The molecule has 0 aliphatic heterocycles. The van der Waals surface area contributed by atoms with Gasteiger partial charge in [-0.3, -0.25) is 9.78 Å². The van der Waals surface area contributed by atoms with E-state index in [1.165, 1.54) is 0 Å². The zero-order valence-electron chi connectivity index (χ0n) is 9.81. The van der Waals surface area contributed by atoms with Crippen LogP contribution in [0, 0.1) is 5.92 Å². The Morgan fingerprint density at radius 2 is 2.06 bits per heavy atom. The summed E-state index contributed by atoms with van der Waals surface area (Å²) in [6.45, 7) is 4.47. The van der Waals surface area contributed by atoms with Crippen LogP contribution >= 0.6 is 0 Å². The molecule has 16 heavy (non-hydrogen) atoms. The standard InChI is InChI=1S/C12H19N3O/c1-9(8-13)7-12(16)15-10(2)11-3-5-14-6-4-11/h3-6,9-10H,7-8,13H2,1-2H3,(H,15,16)/t9?,10-/m1/s1. The van der Waals surface area contributed by atoms with Crippen LogP contribution < -0.4 is 11.1 Å². The molecule has 1 rings (SSSR count). The van der Waals surface area contributed by atoms with E-state index in [9.17, 15) is 4.79 Å². The Hall–Kier alpha value is -1.42. The largest absolute Gasteiger partial charge is 0.350 e. The lowest BCUT2D eigenvalue weighted by atomic mass is 10.1. The van der Waals surface area contributed by atoms with Crippen molar-refractivity contribution in [3.05, 3.63) is 30.1 Å². The number of carbonyl (C=O) groups excluding carboxylic acids is 1. The van der Waals surface area contributed by atoms with Gasteiger partial charge in [0.2, 0.25) is 5.91 Å². The van der Waals surface area contributed by atoms with Crippen molar-refractivity contribution < 1.29 is 4.79 Å². The summed E-state index contributed by atoms with van der Waals surface area (Å²) in [6.07, 6.45) is 3.92. The molecule has 1 aromatic rings. The smallest absolute Gasteiger partial charge is 0.220 e. The van der Waals surface area contributed by atoms with E-state index in [0.29, 0.717) is 13.0 Å². The number of hydrogen-bond donors (Lipinski definition) is 2. The van der Waals surface area contributed by atoms with Crippen molar-refractivity contribution in [1.29, 1.82) is 0 Å². The third kappa shape index (κ3) is 3.98. The highest BCUT2D eigenvalue weighted by molar-refractivity contribution is 5.76. The number of hydrogen-bond acceptors (Lipinski definition) is 3. The van der Waals surface area contributed by atoms with Crippen molar-refractivity contribution in [2.45, 2.75) is 26.3 Å². The van der Waals surface area contributed by atoms with Gasteiger partial charge in [0, 0.05) is 18.8 Å². The number of nitrogens with zero attached hydrogens (tertiary/aromatic N) is 1. The first kappa shape index (κ1) is 12.6. The summed E-state index contributed by atoms with van der Waals surface area (Å²) in [5.74, 6) is 0.270. The van der Waals surface area contributed by atoms with Crippen LogP contribution in [0.25, 0.3) is 0 Å². The Bertz CT molecular complexity index is 326. The van der Waals surface area contributed by atoms with Crippen LogP contribution in [0.3, 0.4) is 0 Å². The van der Waals surface area contributed by atoms with Gasteiger partial charge < -0.3 is 11.1 Å². The Morgan fingerprint density at radius 1 is 1.44 bits per heavy atom. The minimum absolute atomic E-state index is 0.0143.